The van der Waals surface area contributed by atoms with Crippen LogP contribution >= 0.6 is 11.6 Å². The highest BCUT2D eigenvalue weighted by Gasteiger charge is 2.22. The third-order valence-electron chi connectivity index (χ3n) is 3.90. The van der Waals surface area contributed by atoms with E-state index in [-0.39, 0.29) is 0 Å². The van der Waals surface area contributed by atoms with Crippen molar-refractivity contribution in [2.24, 2.45) is 0 Å². The summed E-state index contributed by atoms with van der Waals surface area (Å²) in [6, 6.07) is 7.47. The summed E-state index contributed by atoms with van der Waals surface area (Å²) in [4.78, 5) is 4.83. The van der Waals surface area contributed by atoms with Gasteiger partial charge in [0, 0.05) is 49.0 Å². The molecule has 1 aromatic carbocycles. The van der Waals surface area contributed by atoms with E-state index in [0.29, 0.717) is 12.1 Å². The molecule has 1 atom stereocenters. The van der Waals surface area contributed by atoms with Gasteiger partial charge in [0.05, 0.1) is 0 Å². The molecule has 1 fully saturated rings. The average Bonchev–Trinajstić information content (AvgIpc) is 2.37. The number of rotatable bonds is 4. The van der Waals surface area contributed by atoms with Crippen molar-refractivity contribution in [2.75, 3.05) is 31.6 Å². The van der Waals surface area contributed by atoms with Gasteiger partial charge in [0.25, 0.3) is 0 Å². The minimum Gasteiger partial charge on any atom is -0.366 e. The molecular weight excluding hydrogens is 270 g/mol. The Bertz CT molecular complexity index is 447. The van der Waals surface area contributed by atoms with Crippen molar-refractivity contribution >= 4 is 17.3 Å². The third kappa shape index (κ3) is 3.87. The summed E-state index contributed by atoms with van der Waals surface area (Å²) in [5, 5.41) is 4.27. The molecule has 1 N–H and O–H groups in total. The molecule has 0 aromatic heterocycles. The zero-order valence-electron chi connectivity index (χ0n) is 13.0. The van der Waals surface area contributed by atoms with E-state index in [0.717, 1.165) is 31.2 Å². The highest BCUT2D eigenvalue weighted by Crippen LogP contribution is 2.26. The van der Waals surface area contributed by atoms with Crippen molar-refractivity contribution in [3.05, 3.63) is 28.8 Å². The molecule has 1 unspecified atom stereocenters. The van der Waals surface area contributed by atoms with Crippen molar-refractivity contribution in [1.82, 2.24) is 10.2 Å². The predicted octanol–water partition coefficient (Wildman–Crippen LogP) is 2.98. The third-order valence-corrected chi connectivity index (χ3v) is 4.25. The summed E-state index contributed by atoms with van der Waals surface area (Å²) in [6.07, 6.45) is 0. The maximum absolute atomic E-state index is 6.43. The minimum absolute atomic E-state index is 0.475. The van der Waals surface area contributed by atoms with Crippen LogP contribution in [-0.2, 0) is 6.54 Å². The predicted molar refractivity (Wildman–Crippen MR) is 87.7 cm³/mol. The highest BCUT2D eigenvalue weighted by atomic mass is 35.5. The number of nitrogens with one attached hydrogen (secondary N) is 1. The molecule has 1 heterocycles. The fourth-order valence-electron chi connectivity index (χ4n) is 2.70. The van der Waals surface area contributed by atoms with E-state index in [2.05, 4.69) is 61.1 Å². The van der Waals surface area contributed by atoms with Crippen molar-refractivity contribution in [3.8, 4) is 0 Å². The second kappa shape index (κ2) is 6.79. The van der Waals surface area contributed by atoms with E-state index in [1.807, 2.05) is 0 Å². The fourth-order valence-corrected chi connectivity index (χ4v) is 2.94. The molecule has 0 saturated carbocycles. The lowest BCUT2D eigenvalue weighted by Crippen LogP contribution is -2.50. The van der Waals surface area contributed by atoms with Crippen molar-refractivity contribution in [3.63, 3.8) is 0 Å². The summed E-state index contributed by atoms with van der Waals surface area (Å²) in [7, 11) is 2.18. The number of anilines is 1. The normalized spacial score (nSPS) is 20.7. The highest BCUT2D eigenvalue weighted by molar-refractivity contribution is 6.31. The van der Waals surface area contributed by atoms with Gasteiger partial charge in [-0.3, -0.25) is 0 Å². The number of likely N-dealkylation sites (N-methyl/N-ethyl adjacent to an activating group) is 1. The summed E-state index contributed by atoms with van der Waals surface area (Å²) in [6.45, 7) is 10.7. The number of piperazine rings is 1. The summed E-state index contributed by atoms with van der Waals surface area (Å²) in [5.74, 6) is 0. The molecule has 0 aliphatic carbocycles. The van der Waals surface area contributed by atoms with Crippen LogP contribution in [0.1, 0.15) is 26.3 Å². The first-order valence-corrected chi connectivity index (χ1v) is 7.82. The van der Waals surface area contributed by atoms with E-state index in [9.17, 15) is 0 Å². The van der Waals surface area contributed by atoms with E-state index in [1.165, 1.54) is 11.3 Å². The first kappa shape index (κ1) is 15.6. The Labute approximate surface area is 127 Å². The second-order valence-corrected chi connectivity index (χ2v) is 6.52. The number of hydrogen-bond acceptors (Lipinski definition) is 3. The van der Waals surface area contributed by atoms with Gasteiger partial charge in [0.15, 0.2) is 0 Å². The Morgan fingerprint density at radius 3 is 2.70 bits per heavy atom. The van der Waals surface area contributed by atoms with Gasteiger partial charge in [0.2, 0.25) is 0 Å². The van der Waals surface area contributed by atoms with Crippen LogP contribution in [0.2, 0.25) is 5.02 Å². The van der Waals surface area contributed by atoms with Crippen LogP contribution in [0, 0.1) is 0 Å². The molecule has 1 aromatic rings. The number of hydrogen-bond donors (Lipinski definition) is 1. The molecule has 0 radical (unpaired) electrons. The minimum atomic E-state index is 0.475. The Balaban J connectivity index is 2.08. The van der Waals surface area contributed by atoms with Crippen LogP contribution in [0.4, 0.5) is 5.69 Å². The van der Waals surface area contributed by atoms with Gasteiger partial charge in [-0.2, -0.15) is 0 Å². The SMILES string of the molecule is CC(C)NCc1ccc(N2CCN(C)CC2C)cc1Cl. The van der Waals surface area contributed by atoms with Gasteiger partial charge in [-0.1, -0.05) is 31.5 Å². The van der Waals surface area contributed by atoms with Gasteiger partial charge in [-0.25, -0.2) is 0 Å². The monoisotopic (exact) mass is 295 g/mol. The molecule has 0 bridgehead atoms. The molecule has 112 valence electrons. The Morgan fingerprint density at radius 1 is 1.35 bits per heavy atom. The summed E-state index contributed by atoms with van der Waals surface area (Å²) >= 11 is 6.43. The lowest BCUT2D eigenvalue weighted by atomic mass is 10.1. The Hall–Kier alpha value is -0.770. The maximum atomic E-state index is 6.43. The van der Waals surface area contributed by atoms with Crippen LogP contribution in [0.5, 0.6) is 0 Å². The van der Waals surface area contributed by atoms with E-state index in [1.54, 1.807) is 0 Å². The van der Waals surface area contributed by atoms with E-state index in [4.69, 9.17) is 11.6 Å². The summed E-state index contributed by atoms with van der Waals surface area (Å²) < 4.78 is 0. The van der Waals surface area contributed by atoms with Crippen LogP contribution < -0.4 is 10.2 Å². The first-order valence-electron chi connectivity index (χ1n) is 7.44. The number of benzene rings is 1. The lowest BCUT2D eigenvalue weighted by molar-refractivity contribution is 0.275. The number of halogens is 1. The molecule has 1 aliphatic heterocycles. The van der Waals surface area contributed by atoms with Gasteiger partial charge >= 0.3 is 0 Å². The topological polar surface area (TPSA) is 18.5 Å². The van der Waals surface area contributed by atoms with Crippen molar-refractivity contribution in [2.45, 2.75) is 39.4 Å². The summed E-state index contributed by atoms with van der Waals surface area (Å²) in [5.41, 5.74) is 2.41. The maximum Gasteiger partial charge on any atom is 0.0471 e. The lowest BCUT2D eigenvalue weighted by Gasteiger charge is -2.40. The molecule has 3 nitrogen and oxygen atoms in total. The molecule has 0 spiro atoms. The van der Waals surface area contributed by atoms with Crippen molar-refractivity contribution in [1.29, 1.82) is 0 Å². The largest absolute Gasteiger partial charge is 0.366 e. The fraction of sp³-hybridized carbons (Fsp3) is 0.625. The van der Waals surface area contributed by atoms with Crippen LogP contribution in [0.3, 0.4) is 0 Å². The standard InChI is InChI=1S/C16H26ClN3/c1-12(2)18-10-14-5-6-15(9-16(14)17)20-8-7-19(4)11-13(20)3/h5-6,9,12-13,18H,7-8,10-11H2,1-4H3. The van der Waals surface area contributed by atoms with Crippen LogP contribution in [-0.4, -0.2) is 43.7 Å². The average molecular weight is 296 g/mol. The smallest absolute Gasteiger partial charge is 0.0471 e. The van der Waals surface area contributed by atoms with Gasteiger partial charge < -0.3 is 15.1 Å². The molecule has 0 amide bonds. The van der Waals surface area contributed by atoms with E-state index < -0.39 is 0 Å². The molecule has 20 heavy (non-hydrogen) atoms. The molecule has 2 rings (SSSR count). The molecular formula is C16H26ClN3. The Morgan fingerprint density at radius 2 is 2.10 bits per heavy atom. The van der Waals surface area contributed by atoms with Gasteiger partial charge in [-0.05, 0) is 31.7 Å². The van der Waals surface area contributed by atoms with Gasteiger partial charge in [0.1, 0.15) is 0 Å². The Kier molecular flexibility index (Phi) is 5.30. The van der Waals surface area contributed by atoms with Crippen LogP contribution in [0.15, 0.2) is 18.2 Å². The number of nitrogens with zero attached hydrogens (tertiary/aromatic N) is 2. The van der Waals surface area contributed by atoms with Crippen LogP contribution in [0.25, 0.3) is 0 Å². The molecule has 1 saturated heterocycles. The second-order valence-electron chi connectivity index (χ2n) is 6.12. The van der Waals surface area contributed by atoms with Gasteiger partial charge in [-0.15, -0.1) is 0 Å². The van der Waals surface area contributed by atoms with E-state index >= 15 is 0 Å². The molecule has 1 aliphatic rings. The zero-order chi connectivity index (χ0) is 14.7. The quantitative estimate of drug-likeness (QED) is 0.921. The van der Waals surface area contributed by atoms with Crippen molar-refractivity contribution < 1.29 is 0 Å². The molecule has 4 heteroatoms. The first-order chi connectivity index (χ1) is 9.47. The zero-order valence-corrected chi connectivity index (χ0v) is 13.7.